The summed E-state index contributed by atoms with van der Waals surface area (Å²) in [5, 5.41) is 9.57. The molecule has 0 amide bonds. The first kappa shape index (κ1) is 12.7. The third-order valence-electron chi connectivity index (χ3n) is 2.36. The summed E-state index contributed by atoms with van der Waals surface area (Å²) in [6.07, 6.45) is -1.20. The van der Waals surface area contributed by atoms with Crippen LogP contribution in [-0.4, -0.2) is 33.7 Å². The Morgan fingerprint density at radius 1 is 1.47 bits per heavy atom. The van der Waals surface area contributed by atoms with Gasteiger partial charge in [0.25, 0.3) is 0 Å². The van der Waals surface area contributed by atoms with Gasteiger partial charge in [0, 0.05) is 11.6 Å². The van der Waals surface area contributed by atoms with Crippen molar-refractivity contribution in [2.24, 2.45) is 11.8 Å². The number of ether oxygens (including phenoxy) is 1. The van der Waals surface area contributed by atoms with Crippen LogP contribution in [0.1, 0.15) is 13.8 Å². The van der Waals surface area contributed by atoms with Gasteiger partial charge in [-0.2, -0.15) is 0 Å². The van der Waals surface area contributed by atoms with Crippen LogP contribution in [0.15, 0.2) is 0 Å². The molecule has 1 aliphatic heterocycles. The summed E-state index contributed by atoms with van der Waals surface area (Å²) >= 11 is 0. The topological polar surface area (TPSA) is 87.0 Å². The van der Waals surface area contributed by atoms with Gasteiger partial charge in [0.2, 0.25) is 0 Å². The molecule has 0 aromatic rings. The van der Waals surface area contributed by atoms with E-state index in [0.717, 1.165) is 0 Å². The van der Waals surface area contributed by atoms with E-state index in [1.165, 1.54) is 0 Å². The molecule has 1 aliphatic rings. The molecule has 0 radical (unpaired) electrons. The Bertz CT molecular complexity index is 323. The summed E-state index contributed by atoms with van der Waals surface area (Å²) < 4.78 is 15.7. The van der Waals surface area contributed by atoms with Crippen LogP contribution in [0.4, 0.5) is 0 Å². The lowest BCUT2D eigenvalue weighted by Gasteiger charge is -2.19. The van der Waals surface area contributed by atoms with Crippen molar-refractivity contribution in [2.45, 2.75) is 26.1 Å². The van der Waals surface area contributed by atoms with Crippen molar-refractivity contribution in [1.82, 2.24) is 0 Å². The molecular weight excluding hydrogens is 219 g/mol. The second-order valence-electron chi connectivity index (χ2n) is 3.94. The van der Waals surface area contributed by atoms with Gasteiger partial charge >= 0.3 is 7.60 Å². The maximum Gasteiger partial charge on any atom is 0.400 e. The van der Waals surface area contributed by atoms with E-state index in [2.05, 4.69) is 5.92 Å². The van der Waals surface area contributed by atoms with Crippen LogP contribution in [0, 0.1) is 23.4 Å². The number of hydrogen-bond donors (Lipinski definition) is 3. The summed E-state index contributed by atoms with van der Waals surface area (Å²) in [5.41, 5.74) is 1.85. The zero-order valence-corrected chi connectivity index (χ0v) is 9.52. The highest BCUT2D eigenvalue weighted by Gasteiger charge is 2.37. The molecule has 1 unspecified atom stereocenters. The largest absolute Gasteiger partial charge is 0.400 e. The molecule has 6 heteroatoms. The van der Waals surface area contributed by atoms with Crippen LogP contribution < -0.4 is 0 Å². The van der Waals surface area contributed by atoms with Crippen molar-refractivity contribution < 1.29 is 24.2 Å². The van der Waals surface area contributed by atoms with E-state index in [1.54, 1.807) is 0 Å². The molecule has 3 atom stereocenters. The van der Waals surface area contributed by atoms with E-state index < -0.39 is 19.8 Å². The van der Waals surface area contributed by atoms with Gasteiger partial charge in [-0.25, -0.2) is 4.57 Å². The number of rotatable bonds is 1. The van der Waals surface area contributed by atoms with Crippen molar-refractivity contribution in [2.75, 3.05) is 6.61 Å². The molecule has 86 valence electrons. The molecule has 0 aromatic heterocycles. The number of hydrogen-bond acceptors (Lipinski definition) is 3. The molecular formula is C9H15O5P. The monoisotopic (exact) mass is 234 g/mol. The van der Waals surface area contributed by atoms with E-state index in [4.69, 9.17) is 14.5 Å². The van der Waals surface area contributed by atoms with E-state index in [1.807, 2.05) is 19.5 Å². The van der Waals surface area contributed by atoms with E-state index >= 15 is 0 Å². The number of aliphatic hydroxyl groups is 1. The molecule has 0 saturated carbocycles. The van der Waals surface area contributed by atoms with Crippen LogP contribution in [0.25, 0.3) is 0 Å². The maximum atomic E-state index is 10.5. The average molecular weight is 234 g/mol. The van der Waals surface area contributed by atoms with Crippen molar-refractivity contribution >= 4 is 7.60 Å². The SMILES string of the molecule is CC(C)C1[C@H](O)CO[C@@H]1C#CP(=O)(O)O. The van der Waals surface area contributed by atoms with Crippen molar-refractivity contribution in [3.05, 3.63) is 0 Å². The average Bonchev–Trinajstić information content (AvgIpc) is 2.42. The highest BCUT2D eigenvalue weighted by molar-refractivity contribution is 7.57. The second-order valence-corrected chi connectivity index (χ2v) is 5.25. The van der Waals surface area contributed by atoms with Crippen LogP contribution in [0.5, 0.6) is 0 Å². The van der Waals surface area contributed by atoms with E-state index in [0.29, 0.717) is 0 Å². The van der Waals surface area contributed by atoms with Gasteiger partial charge in [-0.1, -0.05) is 19.8 Å². The first-order valence-corrected chi connectivity index (χ1v) is 6.30. The van der Waals surface area contributed by atoms with Gasteiger partial charge in [0.15, 0.2) is 0 Å². The fraction of sp³-hybridized carbons (Fsp3) is 0.778. The van der Waals surface area contributed by atoms with Crippen molar-refractivity contribution in [3.63, 3.8) is 0 Å². The van der Waals surface area contributed by atoms with Gasteiger partial charge in [0.05, 0.1) is 12.7 Å². The van der Waals surface area contributed by atoms with Crippen LogP contribution in [0.3, 0.4) is 0 Å². The molecule has 1 saturated heterocycles. The maximum absolute atomic E-state index is 10.5. The summed E-state index contributed by atoms with van der Waals surface area (Å²) in [6, 6.07) is 0. The zero-order chi connectivity index (χ0) is 11.6. The smallest absolute Gasteiger partial charge is 0.390 e. The lowest BCUT2D eigenvalue weighted by Crippen LogP contribution is -2.28. The predicted octanol–water partition coefficient (Wildman–Crippen LogP) is 0.157. The molecule has 1 fully saturated rings. The Balaban J connectivity index is 2.77. The normalized spacial score (nSPS) is 31.5. The summed E-state index contributed by atoms with van der Waals surface area (Å²) in [4.78, 5) is 17.2. The lowest BCUT2D eigenvalue weighted by atomic mass is 9.88. The summed E-state index contributed by atoms with van der Waals surface area (Å²) in [6.45, 7) is 3.99. The van der Waals surface area contributed by atoms with E-state index in [-0.39, 0.29) is 18.4 Å². The quantitative estimate of drug-likeness (QED) is 0.444. The highest BCUT2D eigenvalue weighted by atomic mass is 31.2. The van der Waals surface area contributed by atoms with Crippen LogP contribution >= 0.6 is 7.60 Å². The van der Waals surface area contributed by atoms with Crippen LogP contribution in [-0.2, 0) is 9.30 Å². The fourth-order valence-electron chi connectivity index (χ4n) is 1.71. The van der Waals surface area contributed by atoms with Crippen LogP contribution in [0.2, 0.25) is 0 Å². The van der Waals surface area contributed by atoms with Gasteiger partial charge in [0.1, 0.15) is 6.10 Å². The first-order chi connectivity index (χ1) is 6.81. The molecule has 1 rings (SSSR count). The Labute approximate surface area is 88.6 Å². The van der Waals surface area contributed by atoms with Gasteiger partial charge in [-0.15, -0.1) is 0 Å². The van der Waals surface area contributed by atoms with Gasteiger partial charge < -0.3 is 19.6 Å². The molecule has 0 bridgehead atoms. The third kappa shape index (κ3) is 3.60. The molecule has 3 N–H and O–H groups in total. The molecule has 1 heterocycles. The standard InChI is InChI=1S/C9H15O5P/c1-6(2)9-7(10)5-14-8(9)3-4-15(11,12)13/h6-10H,5H2,1-2H3,(H2,11,12,13)/t7-,8-,9?/m1/s1. The highest BCUT2D eigenvalue weighted by Crippen LogP contribution is 2.34. The van der Waals surface area contributed by atoms with Gasteiger partial charge in [-0.05, 0) is 5.92 Å². The lowest BCUT2D eigenvalue weighted by molar-refractivity contribution is 0.108. The molecule has 0 spiro atoms. The Morgan fingerprint density at radius 3 is 2.53 bits per heavy atom. The minimum absolute atomic E-state index is 0.151. The Kier molecular flexibility index (Phi) is 3.93. The molecule has 5 nitrogen and oxygen atoms in total. The predicted molar refractivity (Wildman–Crippen MR) is 53.9 cm³/mol. The second kappa shape index (κ2) is 4.65. The van der Waals surface area contributed by atoms with Crippen molar-refractivity contribution in [3.8, 4) is 11.6 Å². The third-order valence-corrected chi connectivity index (χ3v) is 2.78. The molecule has 0 aliphatic carbocycles. The fourth-order valence-corrected chi connectivity index (χ4v) is 2.00. The van der Waals surface area contributed by atoms with Gasteiger partial charge in [-0.3, -0.25) is 0 Å². The summed E-state index contributed by atoms with van der Waals surface area (Å²) in [7, 11) is -4.32. The minimum atomic E-state index is -4.32. The number of aliphatic hydroxyl groups excluding tert-OH is 1. The molecule has 0 aromatic carbocycles. The zero-order valence-electron chi connectivity index (χ0n) is 8.62. The Morgan fingerprint density at radius 2 is 2.07 bits per heavy atom. The summed E-state index contributed by atoms with van der Waals surface area (Å²) in [5.74, 6) is 2.35. The first-order valence-electron chi connectivity index (χ1n) is 4.69. The van der Waals surface area contributed by atoms with E-state index in [9.17, 15) is 9.67 Å². The minimum Gasteiger partial charge on any atom is -0.390 e. The molecule has 15 heavy (non-hydrogen) atoms. The Hall–Kier alpha value is -0.370. The van der Waals surface area contributed by atoms with Crippen molar-refractivity contribution in [1.29, 1.82) is 0 Å².